The van der Waals surface area contributed by atoms with Crippen LogP contribution in [-0.2, 0) is 19.1 Å². The van der Waals surface area contributed by atoms with Crippen LogP contribution in [-0.4, -0.2) is 35.0 Å². The number of allylic oxidation sites excluding steroid dienone is 1. The van der Waals surface area contributed by atoms with Gasteiger partial charge in [-0.3, -0.25) is 14.4 Å². The number of rotatable bonds is 4. The number of esters is 1. The van der Waals surface area contributed by atoms with Gasteiger partial charge in [0.05, 0.1) is 6.42 Å². The molecule has 0 unspecified atom stereocenters. The van der Waals surface area contributed by atoms with Gasteiger partial charge in [0.1, 0.15) is 17.9 Å². The first kappa shape index (κ1) is 20.6. The molecule has 3 fully saturated rings. The molecule has 0 saturated heterocycles. The highest BCUT2D eigenvalue weighted by Gasteiger charge is 2.58. The Kier molecular flexibility index (Phi) is 5.12. The molecule has 0 heterocycles. The van der Waals surface area contributed by atoms with Crippen LogP contribution in [0.3, 0.4) is 0 Å². The molecule has 160 valence electrons. The lowest BCUT2D eigenvalue weighted by Gasteiger charge is -2.56. The van der Waals surface area contributed by atoms with Crippen LogP contribution in [0.5, 0.6) is 0 Å². The molecule has 0 aromatic heterocycles. The predicted molar refractivity (Wildman–Crippen MR) is 107 cm³/mol. The molecule has 6 nitrogen and oxygen atoms in total. The molecule has 0 aliphatic heterocycles. The Morgan fingerprint density at radius 3 is 2.62 bits per heavy atom. The Labute approximate surface area is 172 Å². The standard InChI is InChI=1S/C23H33NO5/c1-22-9-7-14(29-21(28)18(24)12-20(26)27)11-13(22)3-4-15-16-5-6-19(25)23(16,2)10-8-17(15)22/h3,14-18H,4-12,24H2,1-2H3,(H,26,27)/t14-,15-,16-,17-,18-,22-,23-/m0/s1. The summed E-state index contributed by atoms with van der Waals surface area (Å²) in [4.78, 5) is 35.4. The van der Waals surface area contributed by atoms with Gasteiger partial charge in [0.25, 0.3) is 0 Å². The van der Waals surface area contributed by atoms with Crippen LogP contribution < -0.4 is 5.73 Å². The number of ketones is 1. The first-order chi connectivity index (χ1) is 13.6. The van der Waals surface area contributed by atoms with Crippen molar-refractivity contribution in [1.29, 1.82) is 0 Å². The third-order valence-electron chi connectivity index (χ3n) is 8.75. The molecule has 7 atom stereocenters. The van der Waals surface area contributed by atoms with Gasteiger partial charge in [-0.05, 0) is 61.7 Å². The lowest BCUT2D eigenvalue weighted by atomic mass is 9.48. The van der Waals surface area contributed by atoms with Gasteiger partial charge in [0.2, 0.25) is 0 Å². The van der Waals surface area contributed by atoms with Crippen molar-refractivity contribution in [2.45, 2.75) is 83.8 Å². The number of nitrogens with two attached hydrogens (primary N) is 1. The Morgan fingerprint density at radius 1 is 1.21 bits per heavy atom. The van der Waals surface area contributed by atoms with Crippen molar-refractivity contribution in [2.75, 3.05) is 0 Å². The maximum absolute atomic E-state index is 12.5. The third kappa shape index (κ3) is 3.33. The maximum atomic E-state index is 12.5. The van der Waals surface area contributed by atoms with Gasteiger partial charge in [0, 0.05) is 18.3 Å². The lowest BCUT2D eigenvalue weighted by molar-refractivity contribution is -0.155. The Hall–Kier alpha value is -1.69. The summed E-state index contributed by atoms with van der Waals surface area (Å²) >= 11 is 0. The van der Waals surface area contributed by atoms with E-state index in [1.807, 2.05) is 0 Å². The van der Waals surface area contributed by atoms with Gasteiger partial charge in [-0.2, -0.15) is 0 Å². The minimum Gasteiger partial charge on any atom is -0.481 e. The summed E-state index contributed by atoms with van der Waals surface area (Å²) in [5.41, 5.74) is 7.03. The second-order valence-electron chi connectivity index (χ2n) is 10.2. The van der Waals surface area contributed by atoms with Gasteiger partial charge >= 0.3 is 11.9 Å². The highest BCUT2D eigenvalue weighted by atomic mass is 16.5. The van der Waals surface area contributed by atoms with E-state index in [1.54, 1.807) is 0 Å². The number of Topliss-reactive ketones (excluding diaryl/α,β-unsaturated/α-hetero) is 1. The van der Waals surface area contributed by atoms with Crippen molar-refractivity contribution in [3.8, 4) is 0 Å². The molecule has 3 N–H and O–H groups in total. The summed E-state index contributed by atoms with van der Waals surface area (Å²) in [6, 6.07) is -1.11. The Bertz CT molecular complexity index is 760. The van der Waals surface area contributed by atoms with Crippen LogP contribution >= 0.6 is 0 Å². The van der Waals surface area contributed by atoms with Crippen molar-refractivity contribution < 1.29 is 24.2 Å². The van der Waals surface area contributed by atoms with Crippen LogP contribution in [0.4, 0.5) is 0 Å². The van der Waals surface area contributed by atoms with E-state index in [4.69, 9.17) is 15.6 Å². The molecular weight excluding hydrogens is 370 g/mol. The van der Waals surface area contributed by atoms with Crippen molar-refractivity contribution in [2.24, 2.45) is 34.3 Å². The minimum atomic E-state index is -1.11. The topological polar surface area (TPSA) is 107 Å². The molecule has 4 rings (SSSR count). The van der Waals surface area contributed by atoms with Crippen LogP contribution in [0.25, 0.3) is 0 Å². The fourth-order valence-electron chi connectivity index (χ4n) is 7.02. The summed E-state index contributed by atoms with van der Waals surface area (Å²) in [5, 5.41) is 8.82. The average Bonchev–Trinajstić information content (AvgIpc) is 2.96. The lowest BCUT2D eigenvalue weighted by Crippen LogP contribution is -2.51. The number of hydrogen-bond donors (Lipinski definition) is 2. The highest BCUT2D eigenvalue weighted by molar-refractivity contribution is 5.87. The van der Waals surface area contributed by atoms with Crippen LogP contribution in [0.2, 0.25) is 0 Å². The second kappa shape index (κ2) is 7.22. The molecule has 0 bridgehead atoms. The van der Waals surface area contributed by atoms with E-state index >= 15 is 0 Å². The van der Waals surface area contributed by atoms with Crippen molar-refractivity contribution in [3.05, 3.63) is 11.6 Å². The van der Waals surface area contributed by atoms with Gasteiger partial charge in [-0.25, -0.2) is 0 Å². The molecule has 3 saturated carbocycles. The van der Waals surface area contributed by atoms with Crippen molar-refractivity contribution in [1.82, 2.24) is 0 Å². The second-order valence-corrected chi connectivity index (χ2v) is 10.2. The highest BCUT2D eigenvalue weighted by Crippen LogP contribution is 2.64. The zero-order valence-corrected chi connectivity index (χ0v) is 17.5. The van der Waals surface area contributed by atoms with Gasteiger partial charge < -0.3 is 15.6 Å². The number of fused-ring (bicyclic) bond motifs is 5. The van der Waals surface area contributed by atoms with E-state index in [2.05, 4.69) is 19.9 Å². The van der Waals surface area contributed by atoms with E-state index in [-0.39, 0.29) is 16.9 Å². The number of aliphatic carboxylic acids is 1. The van der Waals surface area contributed by atoms with E-state index in [9.17, 15) is 14.4 Å². The molecule has 0 spiro atoms. The van der Waals surface area contributed by atoms with Crippen LogP contribution in [0, 0.1) is 28.6 Å². The summed E-state index contributed by atoms with van der Waals surface area (Å²) in [6.07, 6.45) is 9.08. The maximum Gasteiger partial charge on any atom is 0.323 e. The molecule has 0 aromatic carbocycles. The molecule has 0 aromatic rings. The quantitative estimate of drug-likeness (QED) is 0.551. The number of carbonyl (C=O) groups is 3. The third-order valence-corrected chi connectivity index (χ3v) is 8.75. The number of carboxylic acids is 1. The summed E-state index contributed by atoms with van der Waals surface area (Å²) in [7, 11) is 0. The Balaban J connectivity index is 1.46. The number of ether oxygens (including phenoxy) is 1. The zero-order valence-electron chi connectivity index (χ0n) is 17.5. The van der Waals surface area contributed by atoms with Crippen molar-refractivity contribution >= 4 is 17.7 Å². The summed E-state index contributed by atoms with van der Waals surface area (Å²) < 4.78 is 5.57. The van der Waals surface area contributed by atoms with Crippen molar-refractivity contribution in [3.63, 3.8) is 0 Å². The van der Waals surface area contributed by atoms with E-state index < -0.39 is 24.4 Å². The minimum absolute atomic E-state index is 0.113. The molecule has 29 heavy (non-hydrogen) atoms. The fourth-order valence-corrected chi connectivity index (χ4v) is 7.02. The molecule has 4 aliphatic carbocycles. The first-order valence-corrected chi connectivity index (χ1v) is 11.1. The number of hydrogen-bond acceptors (Lipinski definition) is 5. The average molecular weight is 404 g/mol. The Morgan fingerprint density at radius 2 is 1.90 bits per heavy atom. The monoisotopic (exact) mass is 403 g/mol. The normalized spacial score (nSPS) is 42.2. The largest absolute Gasteiger partial charge is 0.481 e. The molecule has 4 aliphatic rings. The number of carbonyl (C=O) groups excluding carboxylic acids is 2. The van der Waals surface area contributed by atoms with E-state index in [0.29, 0.717) is 30.0 Å². The summed E-state index contributed by atoms with van der Waals surface area (Å²) in [6.45, 7) is 4.56. The predicted octanol–water partition coefficient (Wildman–Crippen LogP) is 3.23. The summed E-state index contributed by atoms with van der Waals surface area (Å²) in [5.74, 6) is 0.436. The van der Waals surface area contributed by atoms with Gasteiger partial charge in [0.15, 0.2) is 0 Å². The fraction of sp³-hybridized carbons (Fsp3) is 0.783. The smallest absolute Gasteiger partial charge is 0.323 e. The van der Waals surface area contributed by atoms with E-state index in [0.717, 1.165) is 44.9 Å². The first-order valence-electron chi connectivity index (χ1n) is 11.1. The van der Waals surface area contributed by atoms with Crippen LogP contribution in [0.1, 0.15) is 71.6 Å². The van der Waals surface area contributed by atoms with E-state index in [1.165, 1.54) is 5.57 Å². The zero-order chi connectivity index (χ0) is 21.0. The molecule has 0 radical (unpaired) electrons. The molecule has 6 heteroatoms. The van der Waals surface area contributed by atoms with Crippen LogP contribution in [0.15, 0.2) is 11.6 Å². The SMILES string of the molecule is C[C@]12CC[C@H](OC(=O)[C@@H](N)CC(=O)O)CC1=CC[C@@H]1[C@@H]2CC[C@]2(C)C(=O)CC[C@@H]12. The molecular formula is C23H33NO5. The molecule has 0 amide bonds. The van der Waals surface area contributed by atoms with Gasteiger partial charge in [-0.1, -0.05) is 25.5 Å². The number of carboxylic acid groups (broad SMARTS) is 1. The van der Waals surface area contributed by atoms with Gasteiger partial charge in [-0.15, -0.1) is 0 Å².